The summed E-state index contributed by atoms with van der Waals surface area (Å²) in [5, 5.41) is 0.755. The van der Waals surface area contributed by atoms with Crippen LogP contribution in [0.5, 0.6) is 0 Å². The summed E-state index contributed by atoms with van der Waals surface area (Å²) in [7, 11) is -1.66. The summed E-state index contributed by atoms with van der Waals surface area (Å²) in [4.78, 5) is 0.605. The Balaban J connectivity index is 0.00000108. The van der Waals surface area contributed by atoms with Crippen LogP contribution >= 0.6 is 22.9 Å². The van der Waals surface area contributed by atoms with Crippen LogP contribution in [-0.2, 0) is 5.51 Å². The van der Waals surface area contributed by atoms with Crippen LogP contribution < -0.4 is 0 Å². The zero-order chi connectivity index (χ0) is 11.3. The molecule has 0 nitrogen and oxygen atoms in total. The van der Waals surface area contributed by atoms with Crippen molar-refractivity contribution >= 4 is 33.0 Å². The standard InChI is InChI=1S/C12H10F3S.ClH/c13-12(14,15)16-10-4-2-1-3-9(10)7-11(16)8-5-6-8;/h1-4,7-8H,5-6H2;1H/q+1;. The van der Waals surface area contributed by atoms with E-state index in [0.717, 1.165) is 18.2 Å². The quantitative estimate of drug-likeness (QED) is 0.616. The minimum absolute atomic E-state index is 0. The lowest BCUT2D eigenvalue weighted by Gasteiger charge is -1.98. The molecule has 0 N–H and O–H groups in total. The second kappa shape index (κ2) is 4.18. The smallest absolute Gasteiger partial charge is 0.147 e. The summed E-state index contributed by atoms with van der Waals surface area (Å²) in [6.07, 6.45) is 1.83. The van der Waals surface area contributed by atoms with E-state index < -0.39 is 16.0 Å². The molecule has 1 aromatic carbocycles. The van der Waals surface area contributed by atoms with Gasteiger partial charge in [-0.1, -0.05) is 12.1 Å². The molecular formula is C12H11ClF3S+. The van der Waals surface area contributed by atoms with E-state index in [9.17, 15) is 13.2 Å². The molecule has 1 atom stereocenters. The third-order valence-electron chi connectivity index (χ3n) is 2.88. The van der Waals surface area contributed by atoms with Crippen LogP contribution in [0.2, 0.25) is 0 Å². The summed E-state index contributed by atoms with van der Waals surface area (Å²) in [5.74, 6) is 0.178. The zero-order valence-corrected chi connectivity index (χ0v) is 10.5. The average molecular weight is 280 g/mol. The molecule has 1 unspecified atom stereocenters. The summed E-state index contributed by atoms with van der Waals surface area (Å²) in [5.41, 5.74) is -4.12. The van der Waals surface area contributed by atoms with Crippen molar-refractivity contribution in [2.75, 3.05) is 0 Å². The predicted molar refractivity (Wildman–Crippen MR) is 66.9 cm³/mol. The van der Waals surface area contributed by atoms with Crippen molar-refractivity contribution < 1.29 is 13.2 Å². The predicted octanol–water partition coefficient (Wildman–Crippen LogP) is 5.36. The largest absolute Gasteiger partial charge is 0.600 e. The van der Waals surface area contributed by atoms with E-state index in [1.54, 1.807) is 30.3 Å². The lowest BCUT2D eigenvalue weighted by Crippen LogP contribution is -1.97. The van der Waals surface area contributed by atoms with Gasteiger partial charge in [0.1, 0.15) is 0 Å². The van der Waals surface area contributed by atoms with Gasteiger partial charge in [0, 0.05) is 17.4 Å². The molecule has 0 bridgehead atoms. The van der Waals surface area contributed by atoms with Crippen LogP contribution in [0.3, 0.4) is 0 Å². The molecule has 0 radical (unpaired) electrons. The van der Waals surface area contributed by atoms with Gasteiger partial charge in [0.2, 0.25) is 0 Å². The Morgan fingerprint density at radius 2 is 1.76 bits per heavy atom. The third kappa shape index (κ3) is 2.16. The fourth-order valence-corrected chi connectivity index (χ4v) is 4.20. The number of benzene rings is 1. The van der Waals surface area contributed by atoms with Crippen LogP contribution in [0.4, 0.5) is 13.2 Å². The van der Waals surface area contributed by atoms with E-state index in [1.807, 2.05) is 0 Å². The van der Waals surface area contributed by atoms with Gasteiger partial charge in [0.25, 0.3) is 0 Å². The van der Waals surface area contributed by atoms with Crippen LogP contribution in [0.25, 0.3) is 10.1 Å². The van der Waals surface area contributed by atoms with Crippen LogP contribution in [0, 0.1) is 0 Å². The van der Waals surface area contributed by atoms with E-state index in [2.05, 4.69) is 0 Å². The highest BCUT2D eigenvalue weighted by Crippen LogP contribution is 2.57. The van der Waals surface area contributed by atoms with Gasteiger partial charge in [0.15, 0.2) is 9.58 Å². The van der Waals surface area contributed by atoms with Crippen molar-refractivity contribution in [1.29, 1.82) is 0 Å². The normalized spacial score (nSPS) is 17.0. The Labute approximate surface area is 106 Å². The maximum Gasteiger partial charge on any atom is 0.600 e. The van der Waals surface area contributed by atoms with Gasteiger partial charge >= 0.3 is 5.51 Å². The number of hydrogen-bond acceptors (Lipinski definition) is 0. The van der Waals surface area contributed by atoms with Gasteiger partial charge < -0.3 is 0 Å². The molecule has 1 saturated carbocycles. The lowest BCUT2D eigenvalue weighted by atomic mass is 10.2. The number of rotatable bonds is 1. The van der Waals surface area contributed by atoms with Crippen molar-refractivity contribution in [3.63, 3.8) is 0 Å². The fraction of sp³-hybridized carbons (Fsp3) is 0.333. The van der Waals surface area contributed by atoms with Crippen LogP contribution in [-0.4, -0.2) is 0 Å². The van der Waals surface area contributed by atoms with E-state index in [0.29, 0.717) is 9.58 Å². The molecular weight excluding hydrogens is 269 g/mol. The highest BCUT2D eigenvalue weighted by Gasteiger charge is 2.50. The molecule has 0 amide bonds. The average Bonchev–Trinajstić information content (AvgIpc) is 2.96. The molecule has 2 aromatic rings. The highest BCUT2D eigenvalue weighted by molar-refractivity contribution is 7.38. The SMILES string of the molecule is Cl.FC(F)(F)[s+]1c(C2CC2)cc2ccccc21. The minimum atomic E-state index is -4.12. The molecule has 1 fully saturated rings. The summed E-state index contributed by atoms with van der Waals surface area (Å²) in [6.45, 7) is 0. The number of thiophene rings is 1. The van der Waals surface area contributed by atoms with E-state index >= 15 is 0 Å². The minimum Gasteiger partial charge on any atom is -0.147 e. The molecule has 5 heteroatoms. The van der Waals surface area contributed by atoms with Gasteiger partial charge in [-0.25, -0.2) is 0 Å². The molecule has 3 rings (SSSR count). The van der Waals surface area contributed by atoms with Crippen molar-refractivity contribution in [3.8, 4) is 0 Å². The van der Waals surface area contributed by atoms with Gasteiger partial charge in [-0.2, -0.15) is 0 Å². The van der Waals surface area contributed by atoms with Gasteiger partial charge in [0.05, 0.1) is 10.5 Å². The monoisotopic (exact) mass is 279 g/mol. The first-order valence-electron chi connectivity index (χ1n) is 5.19. The molecule has 1 heterocycles. The molecule has 0 spiro atoms. The second-order valence-corrected chi connectivity index (χ2v) is 6.10. The van der Waals surface area contributed by atoms with Crippen molar-refractivity contribution in [1.82, 2.24) is 0 Å². The highest BCUT2D eigenvalue weighted by atomic mass is 35.5. The van der Waals surface area contributed by atoms with E-state index in [4.69, 9.17) is 0 Å². The van der Waals surface area contributed by atoms with Crippen molar-refractivity contribution in [3.05, 3.63) is 35.2 Å². The zero-order valence-electron chi connectivity index (χ0n) is 8.83. The fourth-order valence-electron chi connectivity index (χ4n) is 2.04. The summed E-state index contributed by atoms with van der Waals surface area (Å²) < 4.78 is 39.6. The molecule has 0 aliphatic heterocycles. The molecule has 17 heavy (non-hydrogen) atoms. The summed E-state index contributed by atoms with van der Waals surface area (Å²) >= 11 is 0. The van der Waals surface area contributed by atoms with Crippen LogP contribution in [0.1, 0.15) is 23.6 Å². The maximum atomic E-state index is 13.0. The Bertz CT molecular complexity index is 540. The number of hydrogen-bond donors (Lipinski definition) is 0. The Morgan fingerprint density at radius 3 is 2.35 bits per heavy atom. The molecule has 0 saturated heterocycles. The third-order valence-corrected chi connectivity index (χ3v) is 5.08. The maximum absolute atomic E-state index is 13.0. The lowest BCUT2D eigenvalue weighted by molar-refractivity contribution is -0.0867. The van der Waals surface area contributed by atoms with Gasteiger partial charge in [-0.3, -0.25) is 0 Å². The Morgan fingerprint density at radius 1 is 1.12 bits per heavy atom. The van der Waals surface area contributed by atoms with Gasteiger partial charge in [-0.05, 0) is 25.0 Å². The number of fused-ring (bicyclic) bond motifs is 1. The van der Waals surface area contributed by atoms with E-state index in [1.165, 1.54) is 0 Å². The number of halogens is 4. The molecule has 1 aliphatic carbocycles. The first-order valence-corrected chi connectivity index (χ1v) is 6.41. The Hall–Kier alpha value is -0.740. The number of alkyl halides is 3. The first kappa shape index (κ1) is 12.7. The Kier molecular flexibility index (Phi) is 3.12. The van der Waals surface area contributed by atoms with Gasteiger partial charge in [-0.15, -0.1) is 25.6 Å². The van der Waals surface area contributed by atoms with Crippen LogP contribution in [0.15, 0.2) is 30.3 Å². The van der Waals surface area contributed by atoms with Crippen molar-refractivity contribution in [2.24, 2.45) is 0 Å². The van der Waals surface area contributed by atoms with Crippen molar-refractivity contribution in [2.45, 2.75) is 24.3 Å². The van der Waals surface area contributed by atoms with E-state index in [-0.39, 0.29) is 18.3 Å². The second-order valence-electron chi connectivity index (χ2n) is 4.11. The molecule has 1 aliphatic rings. The molecule has 1 aromatic heterocycles. The summed E-state index contributed by atoms with van der Waals surface area (Å²) in [6, 6.07) is 8.62. The first-order chi connectivity index (χ1) is 7.57. The molecule has 92 valence electrons. The topological polar surface area (TPSA) is 0 Å².